The van der Waals surface area contributed by atoms with Gasteiger partial charge in [0.1, 0.15) is 11.3 Å². The lowest BCUT2D eigenvalue weighted by Gasteiger charge is -2.40. The third-order valence-corrected chi connectivity index (χ3v) is 5.10. The highest BCUT2D eigenvalue weighted by Crippen LogP contribution is 2.52. The second-order valence-corrected chi connectivity index (χ2v) is 6.49. The molecular weight excluding hydrogens is 314 g/mol. The van der Waals surface area contributed by atoms with Crippen LogP contribution in [0.4, 0.5) is 0 Å². The van der Waals surface area contributed by atoms with Crippen LogP contribution in [-0.4, -0.2) is 45.8 Å². The third kappa shape index (κ3) is 2.09. The zero-order chi connectivity index (χ0) is 16.9. The lowest BCUT2D eigenvalue weighted by atomic mass is 9.95. The molecule has 3 aliphatic heterocycles. The van der Waals surface area contributed by atoms with E-state index >= 15 is 0 Å². The van der Waals surface area contributed by atoms with Gasteiger partial charge in [0, 0.05) is 25.3 Å². The van der Waals surface area contributed by atoms with Crippen LogP contribution in [0.5, 0.6) is 0 Å². The Hall–Kier alpha value is -2.22. The van der Waals surface area contributed by atoms with Gasteiger partial charge in [0.25, 0.3) is 5.89 Å². The molecule has 0 aromatic carbocycles. The third-order valence-electron chi connectivity index (χ3n) is 5.10. The van der Waals surface area contributed by atoms with Crippen LogP contribution in [0.2, 0.25) is 0 Å². The smallest absolute Gasteiger partial charge is 0.422 e. The molecule has 0 N–H and O–H groups in total. The van der Waals surface area contributed by atoms with Crippen molar-refractivity contribution in [3.63, 3.8) is 0 Å². The molecular formula is C16H19N3O5. The number of carbonyl (C=O) groups is 2. The Morgan fingerprint density at radius 2 is 2.17 bits per heavy atom. The quantitative estimate of drug-likeness (QED) is 0.603. The number of esters is 2. The fourth-order valence-corrected chi connectivity index (χ4v) is 3.80. The van der Waals surface area contributed by atoms with E-state index in [9.17, 15) is 9.59 Å². The number of unbranched alkanes of at least 4 members (excludes halogenated alkanes) is 1. The van der Waals surface area contributed by atoms with Crippen LogP contribution in [0.3, 0.4) is 0 Å². The van der Waals surface area contributed by atoms with Gasteiger partial charge >= 0.3 is 11.9 Å². The molecule has 2 unspecified atom stereocenters. The Kier molecular flexibility index (Phi) is 3.45. The van der Waals surface area contributed by atoms with Gasteiger partial charge in [0.2, 0.25) is 5.72 Å². The van der Waals surface area contributed by atoms with Crippen LogP contribution in [0.1, 0.15) is 50.7 Å². The number of likely N-dealkylation sites (N-methyl/N-ethyl adjacent to an activating group) is 1. The number of ether oxygens (including phenoxy) is 2. The van der Waals surface area contributed by atoms with Crippen molar-refractivity contribution < 1.29 is 23.6 Å². The minimum atomic E-state index is -1.06. The Bertz CT molecular complexity index is 740. The first kappa shape index (κ1) is 15.3. The summed E-state index contributed by atoms with van der Waals surface area (Å²) in [6.07, 6.45) is 4.63. The molecule has 1 saturated heterocycles. The van der Waals surface area contributed by atoms with Crippen LogP contribution in [-0.2, 0) is 25.5 Å². The van der Waals surface area contributed by atoms with Gasteiger partial charge in [0.15, 0.2) is 5.82 Å². The second-order valence-electron chi connectivity index (χ2n) is 6.49. The van der Waals surface area contributed by atoms with Crippen molar-refractivity contribution in [1.29, 1.82) is 0 Å². The van der Waals surface area contributed by atoms with Crippen molar-refractivity contribution in [1.82, 2.24) is 15.0 Å². The maximum absolute atomic E-state index is 12.0. The summed E-state index contributed by atoms with van der Waals surface area (Å²) in [5, 5.41) is 4.01. The summed E-state index contributed by atoms with van der Waals surface area (Å²) in [5.74, 6) is -0.690. The fourth-order valence-electron chi connectivity index (χ4n) is 3.80. The monoisotopic (exact) mass is 333 g/mol. The lowest BCUT2D eigenvalue weighted by molar-refractivity contribution is -0.176. The van der Waals surface area contributed by atoms with E-state index < -0.39 is 17.7 Å². The average Bonchev–Trinajstić information content (AvgIpc) is 3.06. The molecule has 1 aromatic rings. The van der Waals surface area contributed by atoms with Gasteiger partial charge in [0.05, 0.1) is 0 Å². The molecule has 8 nitrogen and oxygen atoms in total. The summed E-state index contributed by atoms with van der Waals surface area (Å²) in [6.45, 7) is 2.09. The van der Waals surface area contributed by atoms with Crippen molar-refractivity contribution >= 4 is 17.5 Å². The number of carbonyl (C=O) groups excluding carboxylic acids is 2. The maximum Gasteiger partial charge on any atom is 0.422 e. The molecule has 24 heavy (non-hydrogen) atoms. The number of nitrogens with zero attached hydrogens (tertiary/aromatic N) is 3. The van der Waals surface area contributed by atoms with E-state index in [2.05, 4.69) is 17.1 Å². The van der Waals surface area contributed by atoms with Crippen molar-refractivity contribution in [2.75, 3.05) is 7.05 Å². The van der Waals surface area contributed by atoms with Gasteiger partial charge in [-0.1, -0.05) is 18.5 Å². The normalized spacial score (nSPS) is 29.5. The minimum absolute atomic E-state index is 0.157. The molecule has 3 bridgehead atoms. The highest BCUT2D eigenvalue weighted by molar-refractivity contribution is 6.30. The zero-order valence-corrected chi connectivity index (χ0v) is 13.7. The van der Waals surface area contributed by atoms with E-state index in [1.54, 1.807) is 0 Å². The van der Waals surface area contributed by atoms with Gasteiger partial charge < -0.3 is 14.0 Å². The Morgan fingerprint density at radius 1 is 1.33 bits per heavy atom. The molecule has 2 atom stereocenters. The van der Waals surface area contributed by atoms with Crippen LogP contribution in [0.25, 0.3) is 5.57 Å². The first-order valence-electron chi connectivity index (χ1n) is 8.30. The first-order chi connectivity index (χ1) is 11.5. The summed E-state index contributed by atoms with van der Waals surface area (Å²) >= 11 is 0. The summed E-state index contributed by atoms with van der Waals surface area (Å²) in [7, 11) is 1.88. The molecule has 1 fully saturated rings. The van der Waals surface area contributed by atoms with Crippen molar-refractivity contribution in [2.24, 2.45) is 0 Å². The summed E-state index contributed by atoms with van der Waals surface area (Å²) < 4.78 is 16.3. The molecule has 0 amide bonds. The van der Waals surface area contributed by atoms with E-state index in [0.29, 0.717) is 36.4 Å². The van der Waals surface area contributed by atoms with Crippen LogP contribution < -0.4 is 0 Å². The molecule has 4 heterocycles. The molecule has 128 valence electrons. The van der Waals surface area contributed by atoms with E-state index in [0.717, 1.165) is 19.3 Å². The highest BCUT2D eigenvalue weighted by atomic mass is 16.6. The van der Waals surface area contributed by atoms with Crippen molar-refractivity contribution in [3.8, 4) is 0 Å². The number of aromatic nitrogens is 2. The van der Waals surface area contributed by atoms with Crippen LogP contribution in [0.15, 0.2) is 10.3 Å². The predicted molar refractivity (Wildman–Crippen MR) is 80.1 cm³/mol. The SMILES string of the molecule is CCCCc1noc(C2=C3CC4CCC2(OC(=O)C(=O)O3)N4C)n1. The Morgan fingerprint density at radius 3 is 2.96 bits per heavy atom. The topological polar surface area (TPSA) is 94.8 Å². The van der Waals surface area contributed by atoms with Crippen molar-refractivity contribution in [2.45, 2.75) is 57.2 Å². The van der Waals surface area contributed by atoms with Crippen LogP contribution in [0, 0.1) is 0 Å². The van der Waals surface area contributed by atoms with Gasteiger partial charge in [-0.15, -0.1) is 0 Å². The van der Waals surface area contributed by atoms with Gasteiger partial charge in [-0.3, -0.25) is 4.90 Å². The summed E-state index contributed by atoms with van der Waals surface area (Å²) in [6, 6.07) is 0.157. The molecule has 1 aromatic heterocycles. The largest absolute Gasteiger partial charge is 0.431 e. The van der Waals surface area contributed by atoms with E-state index in [-0.39, 0.29) is 11.9 Å². The predicted octanol–water partition coefficient (Wildman–Crippen LogP) is 1.42. The molecule has 0 aliphatic carbocycles. The minimum Gasteiger partial charge on any atom is -0.431 e. The number of rotatable bonds is 4. The first-order valence-corrected chi connectivity index (χ1v) is 8.30. The molecule has 3 aliphatic rings. The number of aryl methyl sites for hydroxylation is 1. The zero-order valence-electron chi connectivity index (χ0n) is 13.7. The molecule has 4 rings (SSSR count). The molecule has 8 heteroatoms. The van der Waals surface area contributed by atoms with Gasteiger partial charge in [-0.05, 0) is 19.9 Å². The van der Waals surface area contributed by atoms with E-state index in [4.69, 9.17) is 14.0 Å². The Balaban J connectivity index is 1.80. The molecule has 1 spiro atoms. The van der Waals surface area contributed by atoms with Gasteiger partial charge in [-0.2, -0.15) is 4.98 Å². The van der Waals surface area contributed by atoms with Crippen molar-refractivity contribution in [3.05, 3.63) is 17.5 Å². The number of fused-ring (bicyclic) bond motifs is 1. The van der Waals surface area contributed by atoms with Crippen LogP contribution >= 0.6 is 0 Å². The number of hydrogen-bond donors (Lipinski definition) is 0. The standard InChI is InChI=1S/C16H19N3O5/c1-3-4-5-11-17-13(24-18-11)12-10-8-9-6-7-16(12,19(9)2)23-15(21)14(20)22-10/h9H,3-8H2,1-2H3. The fraction of sp³-hybridized carbons (Fsp3) is 0.625. The molecule has 0 saturated carbocycles. The highest BCUT2D eigenvalue weighted by Gasteiger charge is 2.59. The van der Waals surface area contributed by atoms with E-state index in [1.807, 2.05) is 11.9 Å². The Labute approximate surface area is 138 Å². The second kappa shape index (κ2) is 5.41. The summed E-state index contributed by atoms with van der Waals surface area (Å²) in [5.41, 5.74) is -0.538. The maximum atomic E-state index is 12.0. The average molecular weight is 333 g/mol. The molecule has 0 radical (unpaired) electrons. The summed E-state index contributed by atoms with van der Waals surface area (Å²) in [4.78, 5) is 30.3. The van der Waals surface area contributed by atoms with Gasteiger partial charge in [-0.25, -0.2) is 9.59 Å². The lowest BCUT2D eigenvalue weighted by Crippen LogP contribution is -2.51. The van der Waals surface area contributed by atoms with E-state index in [1.165, 1.54) is 0 Å². The number of hydrogen-bond acceptors (Lipinski definition) is 8.